The first kappa shape index (κ1) is 20.7. The summed E-state index contributed by atoms with van der Waals surface area (Å²) in [5, 5.41) is 13.7. The summed E-state index contributed by atoms with van der Waals surface area (Å²) in [7, 11) is 2.13. The van der Waals surface area contributed by atoms with Crippen LogP contribution in [-0.2, 0) is 12.0 Å². The molecule has 1 fully saturated rings. The normalized spacial score (nSPS) is 17.5. The van der Waals surface area contributed by atoms with E-state index in [1.807, 2.05) is 16.8 Å². The molecule has 1 saturated heterocycles. The van der Waals surface area contributed by atoms with Crippen molar-refractivity contribution in [3.05, 3.63) is 51.6 Å². The summed E-state index contributed by atoms with van der Waals surface area (Å²) in [6.45, 7) is 12.0. The molecule has 0 radical (unpaired) electrons. The number of tetrazole rings is 1. The summed E-state index contributed by atoms with van der Waals surface area (Å²) >= 11 is 0. The lowest BCUT2D eigenvalue weighted by Gasteiger charge is -2.38. The summed E-state index contributed by atoms with van der Waals surface area (Å²) < 4.78 is 1.85. The monoisotopic (exact) mass is 409 g/mol. The molecule has 1 aliphatic rings. The zero-order valence-electron chi connectivity index (χ0n) is 18.5. The van der Waals surface area contributed by atoms with Gasteiger partial charge in [0.2, 0.25) is 0 Å². The van der Waals surface area contributed by atoms with Crippen molar-refractivity contribution in [2.75, 3.05) is 33.2 Å². The van der Waals surface area contributed by atoms with Gasteiger partial charge < -0.3 is 9.88 Å². The smallest absolute Gasteiger partial charge is 0.253 e. The van der Waals surface area contributed by atoms with E-state index in [0.29, 0.717) is 11.4 Å². The standard InChI is InChI=1S/C22H31N7O/c1-6-15-7-8-18-16(13-15)14-17(21(30)23-18)19(28-11-9-27(5)10-12-28)20-24-25-26-29(20)22(2,3)4/h7-8,13-14,19H,6,9-12H2,1-5H3,(H,23,30)/t19-/m1/s1. The maximum Gasteiger partial charge on any atom is 0.253 e. The van der Waals surface area contributed by atoms with Gasteiger partial charge in [0.1, 0.15) is 6.04 Å². The summed E-state index contributed by atoms with van der Waals surface area (Å²) in [4.78, 5) is 20.9. The molecule has 1 aromatic carbocycles. The second-order valence-corrected chi connectivity index (χ2v) is 9.19. The van der Waals surface area contributed by atoms with Gasteiger partial charge in [0, 0.05) is 37.3 Å². The lowest BCUT2D eigenvalue weighted by atomic mass is 10.00. The van der Waals surface area contributed by atoms with Crippen LogP contribution in [0.4, 0.5) is 0 Å². The van der Waals surface area contributed by atoms with Gasteiger partial charge >= 0.3 is 0 Å². The first-order valence-electron chi connectivity index (χ1n) is 10.6. The van der Waals surface area contributed by atoms with Gasteiger partial charge in [-0.2, -0.15) is 0 Å². The van der Waals surface area contributed by atoms with Crippen LogP contribution in [0.15, 0.2) is 29.1 Å². The largest absolute Gasteiger partial charge is 0.322 e. The van der Waals surface area contributed by atoms with Crippen LogP contribution in [0.25, 0.3) is 10.9 Å². The third kappa shape index (κ3) is 3.89. The van der Waals surface area contributed by atoms with Gasteiger partial charge in [0.05, 0.1) is 5.54 Å². The van der Waals surface area contributed by atoms with Crippen molar-refractivity contribution in [2.24, 2.45) is 0 Å². The third-order valence-electron chi connectivity index (χ3n) is 5.92. The Morgan fingerprint density at radius 3 is 2.53 bits per heavy atom. The fraction of sp³-hybridized carbons (Fsp3) is 0.545. The number of fused-ring (bicyclic) bond motifs is 1. The molecule has 0 bridgehead atoms. The quantitative estimate of drug-likeness (QED) is 0.711. The molecule has 8 nitrogen and oxygen atoms in total. The van der Waals surface area contributed by atoms with Gasteiger partial charge in [0.15, 0.2) is 5.82 Å². The van der Waals surface area contributed by atoms with E-state index in [1.165, 1.54) is 5.56 Å². The molecule has 0 aliphatic carbocycles. The Hall–Kier alpha value is -2.58. The number of likely N-dealkylation sites (N-methyl/N-ethyl adjacent to an activating group) is 1. The Labute approximate surface area is 176 Å². The van der Waals surface area contributed by atoms with Crippen molar-refractivity contribution in [3.63, 3.8) is 0 Å². The van der Waals surface area contributed by atoms with Crippen molar-refractivity contribution in [1.82, 2.24) is 35.0 Å². The molecule has 30 heavy (non-hydrogen) atoms. The molecule has 4 rings (SSSR count). The van der Waals surface area contributed by atoms with Gasteiger partial charge in [0.25, 0.3) is 5.56 Å². The van der Waals surface area contributed by atoms with E-state index >= 15 is 0 Å². The minimum Gasteiger partial charge on any atom is -0.322 e. The van der Waals surface area contributed by atoms with Gasteiger partial charge in [-0.1, -0.05) is 13.0 Å². The number of hydrogen-bond acceptors (Lipinski definition) is 6. The van der Waals surface area contributed by atoms with E-state index in [4.69, 9.17) is 0 Å². The highest BCUT2D eigenvalue weighted by Crippen LogP contribution is 2.30. The molecule has 0 amide bonds. The number of rotatable bonds is 4. The van der Waals surface area contributed by atoms with E-state index < -0.39 is 0 Å². The topological polar surface area (TPSA) is 82.9 Å². The molecule has 3 heterocycles. The number of nitrogens with zero attached hydrogens (tertiary/aromatic N) is 6. The van der Waals surface area contributed by atoms with Gasteiger partial charge in [-0.25, -0.2) is 4.68 Å². The Balaban J connectivity index is 1.89. The second-order valence-electron chi connectivity index (χ2n) is 9.19. The van der Waals surface area contributed by atoms with E-state index in [2.05, 4.69) is 77.2 Å². The molecule has 0 spiro atoms. The van der Waals surface area contributed by atoms with Crippen LogP contribution in [0.5, 0.6) is 0 Å². The van der Waals surface area contributed by atoms with Gasteiger partial charge in [-0.15, -0.1) is 5.10 Å². The first-order chi connectivity index (χ1) is 14.3. The van der Waals surface area contributed by atoms with Crippen LogP contribution >= 0.6 is 0 Å². The number of aromatic amines is 1. The average molecular weight is 410 g/mol. The minimum absolute atomic E-state index is 0.0841. The lowest BCUT2D eigenvalue weighted by molar-refractivity contribution is 0.118. The van der Waals surface area contributed by atoms with Crippen molar-refractivity contribution >= 4 is 10.9 Å². The van der Waals surface area contributed by atoms with Crippen molar-refractivity contribution in [2.45, 2.75) is 45.7 Å². The Kier molecular flexibility index (Phi) is 5.46. The zero-order valence-corrected chi connectivity index (χ0v) is 18.5. The molecule has 3 aromatic rings. The molecule has 2 aromatic heterocycles. The van der Waals surface area contributed by atoms with Crippen LogP contribution in [0, 0.1) is 0 Å². The van der Waals surface area contributed by atoms with Gasteiger partial charge in [-0.05, 0) is 73.8 Å². The van der Waals surface area contributed by atoms with Crippen molar-refractivity contribution in [3.8, 4) is 0 Å². The number of pyridine rings is 1. The second kappa shape index (κ2) is 7.92. The molecule has 1 N–H and O–H groups in total. The zero-order chi connectivity index (χ0) is 21.5. The Morgan fingerprint density at radius 2 is 1.87 bits per heavy atom. The number of aromatic nitrogens is 5. The molecule has 1 atom stereocenters. The van der Waals surface area contributed by atoms with Crippen LogP contribution in [0.3, 0.4) is 0 Å². The first-order valence-corrected chi connectivity index (χ1v) is 10.6. The number of hydrogen-bond donors (Lipinski definition) is 1. The maximum atomic E-state index is 13.2. The van der Waals surface area contributed by atoms with Gasteiger partial charge in [-0.3, -0.25) is 9.69 Å². The van der Waals surface area contributed by atoms with Crippen LogP contribution < -0.4 is 5.56 Å². The van der Waals surface area contributed by atoms with Crippen molar-refractivity contribution < 1.29 is 0 Å². The maximum absolute atomic E-state index is 13.2. The average Bonchev–Trinajstić information content (AvgIpc) is 3.19. The SMILES string of the molecule is CCc1ccc2[nH]c(=O)c([C@H](c3nnnn3C(C)(C)C)N3CCN(C)CC3)cc2c1. The summed E-state index contributed by atoms with van der Waals surface area (Å²) in [6, 6.07) is 7.94. The van der Waals surface area contributed by atoms with E-state index in [9.17, 15) is 4.79 Å². The van der Waals surface area contributed by atoms with Crippen LogP contribution in [-0.4, -0.2) is 68.2 Å². The Morgan fingerprint density at radius 1 is 1.13 bits per heavy atom. The number of H-pyrrole nitrogens is 1. The number of piperazine rings is 1. The van der Waals surface area contributed by atoms with E-state index in [0.717, 1.165) is 43.5 Å². The fourth-order valence-electron chi connectivity index (χ4n) is 4.12. The number of aryl methyl sites for hydroxylation is 1. The van der Waals surface area contributed by atoms with Crippen LogP contribution in [0.1, 0.15) is 50.7 Å². The lowest BCUT2D eigenvalue weighted by Crippen LogP contribution is -2.48. The molecule has 1 aliphatic heterocycles. The van der Waals surface area contributed by atoms with Crippen molar-refractivity contribution in [1.29, 1.82) is 0 Å². The molecule has 160 valence electrons. The molecule has 0 unspecified atom stereocenters. The number of nitrogens with one attached hydrogen (secondary N) is 1. The number of benzene rings is 1. The predicted octanol–water partition coefficient (Wildman–Crippen LogP) is 2.17. The molecular weight excluding hydrogens is 378 g/mol. The Bertz CT molecular complexity index is 1090. The molecule has 0 saturated carbocycles. The fourth-order valence-corrected chi connectivity index (χ4v) is 4.12. The highest BCUT2D eigenvalue weighted by atomic mass is 16.1. The van der Waals surface area contributed by atoms with E-state index in [-0.39, 0.29) is 17.1 Å². The minimum atomic E-state index is -0.300. The van der Waals surface area contributed by atoms with Crippen LogP contribution in [0.2, 0.25) is 0 Å². The summed E-state index contributed by atoms with van der Waals surface area (Å²) in [5.74, 6) is 0.712. The third-order valence-corrected chi connectivity index (χ3v) is 5.92. The highest BCUT2D eigenvalue weighted by molar-refractivity contribution is 5.80. The molecular formula is C22H31N7O. The summed E-state index contributed by atoms with van der Waals surface area (Å²) in [5.41, 5.74) is 2.42. The van der Waals surface area contributed by atoms with E-state index in [1.54, 1.807) is 0 Å². The molecule has 8 heteroatoms. The summed E-state index contributed by atoms with van der Waals surface area (Å²) in [6.07, 6.45) is 0.953. The highest BCUT2D eigenvalue weighted by Gasteiger charge is 2.34. The predicted molar refractivity (Wildman–Crippen MR) is 118 cm³/mol.